The van der Waals surface area contributed by atoms with E-state index in [9.17, 15) is 9.59 Å². The van der Waals surface area contributed by atoms with Crippen molar-refractivity contribution in [2.75, 3.05) is 31.6 Å². The Labute approximate surface area is 110 Å². The fraction of sp³-hybridized carbons (Fsp3) is 0.455. The van der Waals surface area contributed by atoms with Gasteiger partial charge >= 0.3 is 0 Å². The smallest absolute Gasteiger partial charge is 0.269 e. The summed E-state index contributed by atoms with van der Waals surface area (Å²) in [6.45, 7) is 1.94. The molecule has 1 atom stereocenters. The molecule has 8 heteroatoms. The summed E-state index contributed by atoms with van der Waals surface area (Å²) in [6, 6.07) is 2.81. The van der Waals surface area contributed by atoms with Gasteiger partial charge in [0, 0.05) is 26.7 Å². The van der Waals surface area contributed by atoms with Crippen LogP contribution < -0.4 is 21.3 Å². The number of rotatable bonds is 3. The number of carbonyl (C=O) groups is 2. The minimum absolute atomic E-state index is 0.0898. The van der Waals surface area contributed by atoms with Crippen molar-refractivity contribution in [2.24, 2.45) is 5.73 Å². The Hall–Kier alpha value is -2.22. The van der Waals surface area contributed by atoms with Crippen LogP contribution >= 0.6 is 0 Å². The maximum atomic E-state index is 11.8. The van der Waals surface area contributed by atoms with Gasteiger partial charge in [-0.3, -0.25) is 9.59 Å². The third kappa shape index (κ3) is 2.79. The maximum absolute atomic E-state index is 11.8. The van der Waals surface area contributed by atoms with Gasteiger partial charge < -0.3 is 21.3 Å². The number of primary amides is 1. The van der Waals surface area contributed by atoms with Crippen LogP contribution in [0, 0.1) is 0 Å². The second kappa shape index (κ2) is 5.61. The molecule has 4 N–H and O–H groups in total. The number of nitrogens with zero attached hydrogens (tertiary/aromatic N) is 3. The van der Waals surface area contributed by atoms with Crippen molar-refractivity contribution in [3.8, 4) is 0 Å². The molecule has 2 amide bonds. The molecule has 1 saturated heterocycles. The van der Waals surface area contributed by atoms with E-state index >= 15 is 0 Å². The fourth-order valence-electron chi connectivity index (χ4n) is 1.99. The molecule has 0 bridgehead atoms. The summed E-state index contributed by atoms with van der Waals surface area (Å²) in [6.07, 6.45) is 0. The predicted octanol–water partition coefficient (Wildman–Crippen LogP) is -1.90. The van der Waals surface area contributed by atoms with Crippen LogP contribution in [0.4, 0.5) is 5.82 Å². The van der Waals surface area contributed by atoms with Crippen LogP contribution in [-0.2, 0) is 4.79 Å². The zero-order chi connectivity index (χ0) is 13.8. The molecule has 0 aliphatic carbocycles. The summed E-state index contributed by atoms with van der Waals surface area (Å²) in [7, 11) is 1.59. The highest BCUT2D eigenvalue weighted by Gasteiger charge is 2.29. The number of aromatic nitrogens is 2. The van der Waals surface area contributed by atoms with Gasteiger partial charge in [0.05, 0.1) is 0 Å². The standard InChI is InChI=1S/C11H16N6O2/c1-13-11(19)8-6-14-4-5-17(8)9-3-2-7(10(12)18)15-16-9/h2-3,8,14H,4-6H2,1H3,(H2,12,18)(H,13,19). The Bertz CT molecular complexity index is 475. The van der Waals surface area contributed by atoms with Crippen molar-refractivity contribution in [3.05, 3.63) is 17.8 Å². The molecule has 1 unspecified atom stereocenters. The Morgan fingerprint density at radius 2 is 2.26 bits per heavy atom. The third-order valence-corrected chi connectivity index (χ3v) is 2.99. The zero-order valence-electron chi connectivity index (χ0n) is 10.6. The average Bonchev–Trinajstić information content (AvgIpc) is 2.46. The number of amides is 2. The number of piperazine rings is 1. The predicted molar refractivity (Wildman–Crippen MR) is 68.6 cm³/mol. The topological polar surface area (TPSA) is 113 Å². The lowest BCUT2D eigenvalue weighted by atomic mass is 10.1. The van der Waals surface area contributed by atoms with Crippen molar-refractivity contribution in [1.82, 2.24) is 20.8 Å². The normalized spacial score (nSPS) is 19.0. The summed E-state index contributed by atoms with van der Waals surface area (Å²) >= 11 is 0. The highest BCUT2D eigenvalue weighted by atomic mass is 16.2. The van der Waals surface area contributed by atoms with E-state index in [1.165, 1.54) is 6.07 Å². The summed E-state index contributed by atoms with van der Waals surface area (Å²) in [5.41, 5.74) is 5.22. The van der Waals surface area contributed by atoms with Crippen molar-refractivity contribution in [3.63, 3.8) is 0 Å². The highest BCUT2D eigenvalue weighted by Crippen LogP contribution is 2.15. The highest BCUT2D eigenvalue weighted by molar-refractivity contribution is 5.90. The molecule has 102 valence electrons. The summed E-state index contributed by atoms with van der Waals surface area (Å²) in [4.78, 5) is 24.6. The molecule has 19 heavy (non-hydrogen) atoms. The number of nitrogens with two attached hydrogens (primary N) is 1. The van der Waals surface area contributed by atoms with Gasteiger partial charge in [0.2, 0.25) is 5.91 Å². The molecule has 2 heterocycles. The second-order valence-corrected chi connectivity index (χ2v) is 4.17. The molecule has 0 radical (unpaired) electrons. The first kappa shape index (κ1) is 13.2. The van der Waals surface area contributed by atoms with E-state index in [-0.39, 0.29) is 17.6 Å². The fourth-order valence-corrected chi connectivity index (χ4v) is 1.99. The first-order valence-corrected chi connectivity index (χ1v) is 5.96. The van der Waals surface area contributed by atoms with Gasteiger partial charge in [-0.05, 0) is 12.1 Å². The van der Waals surface area contributed by atoms with Crippen LogP contribution in [0.1, 0.15) is 10.5 Å². The van der Waals surface area contributed by atoms with E-state index in [4.69, 9.17) is 5.73 Å². The average molecular weight is 264 g/mol. The first-order valence-electron chi connectivity index (χ1n) is 5.96. The second-order valence-electron chi connectivity index (χ2n) is 4.17. The quantitative estimate of drug-likeness (QED) is 0.587. The molecule has 1 fully saturated rings. The van der Waals surface area contributed by atoms with Crippen molar-refractivity contribution < 1.29 is 9.59 Å². The minimum Gasteiger partial charge on any atom is -0.364 e. The molecular weight excluding hydrogens is 248 g/mol. The molecule has 0 spiro atoms. The van der Waals surface area contributed by atoms with Crippen molar-refractivity contribution in [2.45, 2.75) is 6.04 Å². The van der Waals surface area contributed by atoms with Crippen LogP contribution in [0.5, 0.6) is 0 Å². The zero-order valence-corrected chi connectivity index (χ0v) is 10.6. The summed E-state index contributed by atoms with van der Waals surface area (Å²) in [5.74, 6) is -0.157. The molecule has 0 saturated carbocycles. The van der Waals surface area contributed by atoms with Crippen LogP contribution in [0.3, 0.4) is 0 Å². The van der Waals surface area contributed by atoms with E-state index in [0.717, 1.165) is 6.54 Å². The van der Waals surface area contributed by atoms with Crippen molar-refractivity contribution in [1.29, 1.82) is 0 Å². The largest absolute Gasteiger partial charge is 0.364 e. The van der Waals surface area contributed by atoms with Gasteiger partial charge in [0.1, 0.15) is 6.04 Å². The van der Waals surface area contributed by atoms with E-state index in [1.807, 2.05) is 4.90 Å². The molecule has 1 aliphatic heterocycles. The lowest BCUT2D eigenvalue weighted by molar-refractivity contribution is -0.122. The Kier molecular flexibility index (Phi) is 3.91. The van der Waals surface area contributed by atoms with Crippen molar-refractivity contribution >= 4 is 17.6 Å². The van der Waals surface area contributed by atoms with Crippen LogP contribution in [-0.4, -0.2) is 54.7 Å². The summed E-state index contributed by atoms with van der Waals surface area (Å²) in [5, 5.41) is 13.5. The number of carbonyl (C=O) groups excluding carboxylic acids is 2. The SMILES string of the molecule is CNC(=O)C1CNCCN1c1ccc(C(N)=O)nn1. The van der Waals surface area contributed by atoms with Crippen LogP contribution in [0.25, 0.3) is 0 Å². The third-order valence-electron chi connectivity index (χ3n) is 2.99. The lowest BCUT2D eigenvalue weighted by Gasteiger charge is -2.35. The first-order chi connectivity index (χ1) is 9.13. The molecule has 2 rings (SSSR count). The van der Waals surface area contributed by atoms with Gasteiger partial charge in [0.25, 0.3) is 5.91 Å². The van der Waals surface area contributed by atoms with Gasteiger partial charge in [-0.1, -0.05) is 0 Å². The van der Waals surface area contributed by atoms with Crippen LogP contribution in [0.15, 0.2) is 12.1 Å². The van der Waals surface area contributed by atoms with E-state index in [1.54, 1.807) is 13.1 Å². The van der Waals surface area contributed by atoms with Gasteiger partial charge in [-0.2, -0.15) is 0 Å². The van der Waals surface area contributed by atoms with E-state index in [2.05, 4.69) is 20.8 Å². The van der Waals surface area contributed by atoms with Gasteiger partial charge in [0.15, 0.2) is 11.5 Å². The molecule has 0 aromatic carbocycles. The van der Waals surface area contributed by atoms with Gasteiger partial charge in [-0.15, -0.1) is 10.2 Å². The number of hydrogen-bond acceptors (Lipinski definition) is 6. The molecule has 8 nitrogen and oxygen atoms in total. The maximum Gasteiger partial charge on any atom is 0.269 e. The molecule has 1 aromatic heterocycles. The number of likely N-dealkylation sites (N-methyl/N-ethyl adjacent to an activating group) is 1. The van der Waals surface area contributed by atoms with Crippen LogP contribution in [0.2, 0.25) is 0 Å². The Morgan fingerprint density at radius 1 is 1.47 bits per heavy atom. The number of hydrogen-bond donors (Lipinski definition) is 3. The minimum atomic E-state index is -0.623. The lowest BCUT2D eigenvalue weighted by Crippen LogP contribution is -2.58. The molecular formula is C11H16N6O2. The molecule has 1 aliphatic rings. The monoisotopic (exact) mass is 264 g/mol. The summed E-state index contributed by atoms with van der Waals surface area (Å²) < 4.78 is 0. The molecule has 1 aromatic rings. The Balaban J connectivity index is 2.22. The van der Waals surface area contributed by atoms with E-state index in [0.29, 0.717) is 18.9 Å². The van der Waals surface area contributed by atoms with Gasteiger partial charge in [-0.25, -0.2) is 0 Å². The Morgan fingerprint density at radius 3 is 2.84 bits per heavy atom. The van der Waals surface area contributed by atoms with E-state index < -0.39 is 5.91 Å². The number of anilines is 1. The number of nitrogens with one attached hydrogen (secondary N) is 2.